The van der Waals surface area contributed by atoms with Crippen LogP contribution in [0.5, 0.6) is 0 Å². The van der Waals surface area contributed by atoms with Crippen LogP contribution in [0.15, 0.2) is 127 Å². The SMILES string of the molecule is CCC1CC2CCCC(C1)C21c2ccccc2-c2c(N(c3ccc4c(c3)C3(c5ccccc5-4)C4CC5CC(C4)CC3C5)c3ccc4ccccc4c3)cccc21. The van der Waals surface area contributed by atoms with E-state index in [2.05, 4.69) is 139 Å². The van der Waals surface area contributed by atoms with Crippen LogP contribution in [0.1, 0.15) is 99.8 Å². The first kappa shape index (κ1) is 32.5. The monoisotopic (exact) mass is 727 g/mol. The zero-order valence-electron chi connectivity index (χ0n) is 32.9. The summed E-state index contributed by atoms with van der Waals surface area (Å²) in [5, 5.41) is 2.61. The Morgan fingerprint density at radius 1 is 0.482 bits per heavy atom. The van der Waals surface area contributed by atoms with Crippen LogP contribution in [0.3, 0.4) is 0 Å². The van der Waals surface area contributed by atoms with E-state index in [1.165, 1.54) is 121 Å². The molecule has 1 nitrogen and oxygen atoms in total. The molecule has 2 unspecified atom stereocenters. The third kappa shape index (κ3) is 4.08. The predicted molar refractivity (Wildman–Crippen MR) is 232 cm³/mol. The topological polar surface area (TPSA) is 3.24 Å². The van der Waals surface area contributed by atoms with E-state index in [4.69, 9.17) is 0 Å². The summed E-state index contributed by atoms with van der Waals surface area (Å²) in [4.78, 5) is 2.70. The molecule has 278 valence electrons. The Labute approximate surface area is 333 Å². The maximum atomic E-state index is 2.71. The molecule has 2 atom stereocenters. The number of benzene rings is 6. The Kier molecular flexibility index (Phi) is 6.79. The molecule has 6 fully saturated rings. The van der Waals surface area contributed by atoms with Crippen molar-refractivity contribution in [3.63, 3.8) is 0 Å². The van der Waals surface area contributed by atoms with Crippen molar-refractivity contribution >= 4 is 27.8 Å². The molecule has 2 spiro atoms. The fourth-order valence-electron chi connectivity index (χ4n) is 15.7. The molecular formula is C55H53N. The molecule has 14 rings (SSSR count). The van der Waals surface area contributed by atoms with Gasteiger partial charge >= 0.3 is 0 Å². The maximum absolute atomic E-state index is 2.71. The Hall–Kier alpha value is -4.62. The zero-order chi connectivity index (χ0) is 36.8. The number of anilines is 3. The molecule has 56 heavy (non-hydrogen) atoms. The second-order valence-corrected chi connectivity index (χ2v) is 19.5. The van der Waals surface area contributed by atoms with Crippen molar-refractivity contribution in [2.75, 3.05) is 4.90 Å². The van der Waals surface area contributed by atoms with Gasteiger partial charge in [0.15, 0.2) is 0 Å². The van der Waals surface area contributed by atoms with E-state index in [1.807, 2.05) is 0 Å². The van der Waals surface area contributed by atoms with Crippen molar-refractivity contribution in [2.45, 2.75) is 88.4 Å². The van der Waals surface area contributed by atoms with E-state index in [1.54, 1.807) is 22.3 Å². The van der Waals surface area contributed by atoms with Crippen LogP contribution >= 0.6 is 0 Å². The average molecular weight is 728 g/mol. The number of nitrogens with zero attached hydrogens (tertiary/aromatic N) is 1. The van der Waals surface area contributed by atoms with Crippen molar-refractivity contribution in [1.29, 1.82) is 0 Å². The van der Waals surface area contributed by atoms with Crippen LogP contribution in [0.2, 0.25) is 0 Å². The summed E-state index contributed by atoms with van der Waals surface area (Å²) >= 11 is 0. The molecule has 6 aromatic rings. The highest BCUT2D eigenvalue weighted by atomic mass is 15.1. The van der Waals surface area contributed by atoms with Gasteiger partial charge in [-0.2, -0.15) is 0 Å². The molecule has 0 saturated heterocycles. The quantitative estimate of drug-likeness (QED) is 0.175. The molecule has 0 radical (unpaired) electrons. The fourth-order valence-corrected chi connectivity index (χ4v) is 15.7. The molecule has 6 bridgehead atoms. The van der Waals surface area contributed by atoms with Crippen LogP contribution in [-0.2, 0) is 10.8 Å². The first-order chi connectivity index (χ1) is 27.7. The largest absolute Gasteiger partial charge is 0.310 e. The highest BCUT2D eigenvalue weighted by Gasteiger charge is 2.62. The smallest absolute Gasteiger partial charge is 0.0543 e. The van der Waals surface area contributed by atoms with Gasteiger partial charge in [-0.15, -0.1) is 0 Å². The van der Waals surface area contributed by atoms with E-state index in [0.717, 1.165) is 29.6 Å². The van der Waals surface area contributed by atoms with Gasteiger partial charge in [0.1, 0.15) is 0 Å². The number of fused-ring (bicyclic) bond motifs is 7. The molecule has 1 heteroatoms. The highest BCUT2D eigenvalue weighted by molar-refractivity contribution is 5.98. The summed E-state index contributed by atoms with van der Waals surface area (Å²) in [6, 6.07) is 50.6. The first-order valence-corrected chi connectivity index (χ1v) is 22.4. The summed E-state index contributed by atoms with van der Waals surface area (Å²) in [5.41, 5.74) is 16.7. The van der Waals surface area contributed by atoms with Gasteiger partial charge in [-0.3, -0.25) is 0 Å². The van der Waals surface area contributed by atoms with Gasteiger partial charge in [0.25, 0.3) is 0 Å². The van der Waals surface area contributed by atoms with Crippen LogP contribution in [0.4, 0.5) is 17.1 Å². The predicted octanol–water partition coefficient (Wildman–Crippen LogP) is 14.5. The minimum absolute atomic E-state index is 0.116. The van der Waals surface area contributed by atoms with Gasteiger partial charge in [-0.25, -0.2) is 0 Å². The Morgan fingerprint density at radius 2 is 1.07 bits per heavy atom. The van der Waals surface area contributed by atoms with Crippen molar-refractivity contribution < 1.29 is 0 Å². The average Bonchev–Trinajstić information content (AvgIpc) is 3.68. The third-order valence-electron chi connectivity index (χ3n) is 17.4. The summed E-state index contributed by atoms with van der Waals surface area (Å²) in [7, 11) is 0. The van der Waals surface area contributed by atoms with Gasteiger partial charge in [0.05, 0.1) is 5.69 Å². The maximum Gasteiger partial charge on any atom is 0.0543 e. The van der Waals surface area contributed by atoms with Crippen LogP contribution in [0, 0.1) is 41.4 Å². The van der Waals surface area contributed by atoms with Crippen LogP contribution in [0.25, 0.3) is 33.0 Å². The molecule has 8 aliphatic carbocycles. The van der Waals surface area contributed by atoms with Gasteiger partial charge < -0.3 is 4.90 Å². The lowest BCUT2D eigenvalue weighted by molar-refractivity contribution is -0.0399. The minimum atomic E-state index is 0.116. The molecule has 6 aromatic carbocycles. The Morgan fingerprint density at radius 3 is 1.82 bits per heavy atom. The van der Waals surface area contributed by atoms with Crippen molar-refractivity contribution in [3.8, 4) is 22.3 Å². The van der Waals surface area contributed by atoms with E-state index in [9.17, 15) is 0 Å². The van der Waals surface area contributed by atoms with Gasteiger partial charge in [0, 0.05) is 27.8 Å². The molecule has 0 amide bonds. The van der Waals surface area contributed by atoms with Crippen molar-refractivity contribution in [1.82, 2.24) is 0 Å². The molecule has 0 aliphatic heterocycles. The number of hydrogen-bond donors (Lipinski definition) is 0. The third-order valence-corrected chi connectivity index (χ3v) is 17.4. The van der Waals surface area contributed by atoms with E-state index >= 15 is 0 Å². The molecular weight excluding hydrogens is 675 g/mol. The summed E-state index contributed by atoms with van der Waals surface area (Å²) in [6.07, 6.45) is 15.3. The summed E-state index contributed by atoms with van der Waals surface area (Å²) < 4.78 is 0. The van der Waals surface area contributed by atoms with Crippen molar-refractivity contribution in [3.05, 3.63) is 150 Å². The summed E-state index contributed by atoms with van der Waals surface area (Å²) in [5.74, 6) is 5.64. The summed E-state index contributed by atoms with van der Waals surface area (Å²) in [6.45, 7) is 2.44. The van der Waals surface area contributed by atoms with E-state index < -0.39 is 0 Å². The zero-order valence-corrected chi connectivity index (χ0v) is 32.9. The Bertz CT molecular complexity index is 2530. The second kappa shape index (κ2) is 11.7. The molecule has 0 aromatic heterocycles. The van der Waals surface area contributed by atoms with Gasteiger partial charge in [-0.1, -0.05) is 117 Å². The fraction of sp³-hybridized carbons (Fsp3) is 0.382. The van der Waals surface area contributed by atoms with E-state index in [-0.39, 0.29) is 10.8 Å². The lowest BCUT2D eigenvalue weighted by atomic mass is 9.43. The minimum Gasteiger partial charge on any atom is -0.310 e. The highest BCUT2D eigenvalue weighted by Crippen LogP contribution is 2.71. The molecule has 8 aliphatic rings. The van der Waals surface area contributed by atoms with Crippen molar-refractivity contribution in [2.24, 2.45) is 41.4 Å². The molecule has 6 saturated carbocycles. The lowest BCUT2D eigenvalue weighted by Crippen LogP contribution is -2.55. The second-order valence-electron chi connectivity index (χ2n) is 19.5. The normalized spacial score (nSPS) is 32.4. The standard InChI is InChI=1S/C55H53N/c1-2-34-26-39-13-9-14-40(27-34)54(39)49-18-8-6-16-47(49)53-50(54)19-10-20-52(53)56(43-22-21-37-11-3-4-12-38(37)32-43)44-23-24-46-45-15-5-7-17-48(45)55(51(46)33-44)41-28-35-25-36(30-41)31-42(55)29-35/h3-8,10-12,15-24,32-36,39-42H,2,9,13-14,25-31H2,1H3. The first-order valence-electron chi connectivity index (χ1n) is 22.4. The van der Waals surface area contributed by atoms with Gasteiger partial charge in [-0.05, 0) is 179 Å². The number of rotatable bonds is 4. The van der Waals surface area contributed by atoms with E-state index in [0.29, 0.717) is 11.8 Å². The molecule has 0 N–H and O–H groups in total. The van der Waals surface area contributed by atoms with Gasteiger partial charge in [0.2, 0.25) is 0 Å². The lowest BCUT2D eigenvalue weighted by Gasteiger charge is -2.61. The van der Waals surface area contributed by atoms with Crippen LogP contribution < -0.4 is 4.90 Å². The molecule has 0 heterocycles. The van der Waals surface area contributed by atoms with Crippen LogP contribution in [-0.4, -0.2) is 0 Å². The Balaban J connectivity index is 1.06. The number of hydrogen-bond acceptors (Lipinski definition) is 1.